The van der Waals surface area contributed by atoms with Crippen LogP contribution < -0.4 is 11.1 Å². The Bertz CT molecular complexity index is 597. The number of nitrogens with one attached hydrogen (secondary N) is 1. The fourth-order valence-electron chi connectivity index (χ4n) is 1.62. The number of nitrogens with zero attached hydrogens (tertiary/aromatic N) is 1. The van der Waals surface area contributed by atoms with Crippen molar-refractivity contribution >= 4 is 34.5 Å². The second-order valence-electron chi connectivity index (χ2n) is 4.10. The highest BCUT2D eigenvalue weighted by Gasteiger charge is 2.11. The van der Waals surface area contributed by atoms with Gasteiger partial charge in [0, 0.05) is 24.0 Å². The van der Waals surface area contributed by atoms with E-state index in [-0.39, 0.29) is 5.91 Å². The first-order chi connectivity index (χ1) is 9.08. The first kappa shape index (κ1) is 13.8. The topological polar surface area (TPSA) is 68.0 Å². The molecular formula is C13H14ClN3OS. The second kappa shape index (κ2) is 6.04. The minimum Gasteiger partial charge on any atom is -0.398 e. The molecule has 6 heteroatoms. The van der Waals surface area contributed by atoms with Crippen molar-refractivity contribution in [1.82, 2.24) is 10.3 Å². The number of thiazole rings is 1. The van der Waals surface area contributed by atoms with Crippen molar-refractivity contribution in [3.05, 3.63) is 44.9 Å². The van der Waals surface area contributed by atoms with Crippen LogP contribution in [0.15, 0.2) is 23.6 Å². The van der Waals surface area contributed by atoms with Crippen LogP contribution in [0, 0.1) is 6.92 Å². The average molecular weight is 296 g/mol. The van der Waals surface area contributed by atoms with Crippen LogP contribution >= 0.6 is 22.9 Å². The molecule has 2 aromatic rings. The zero-order valence-electron chi connectivity index (χ0n) is 10.4. The largest absolute Gasteiger partial charge is 0.398 e. The monoisotopic (exact) mass is 295 g/mol. The van der Waals surface area contributed by atoms with Crippen LogP contribution in [0.1, 0.15) is 21.1 Å². The zero-order valence-corrected chi connectivity index (χ0v) is 12.0. The van der Waals surface area contributed by atoms with Gasteiger partial charge in [0.15, 0.2) is 0 Å². The van der Waals surface area contributed by atoms with Crippen LogP contribution in [0.5, 0.6) is 0 Å². The highest BCUT2D eigenvalue weighted by Crippen LogP contribution is 2.22. The third-order valence-corrected chi connectivity index (χ3v) is 4.01. The molecule has 1 aromatic heterocycles. The third-order valence-electron chi connectivity index (χ3n) is 2.56. The van der Waals surface area contributed by atoms with Gasteiger partial charge in [-0.3, -0.25) is 4.79 Å². The number of halogens is 1. The number of amides is 1. The van der Waals surface area contributed by atoms with Crippen LogP contribution in [-0.2, 0) is 6.42 Å². The lowest BCUT2D eigenvalue weighted by molar-refractivity contribution is 0.0954. The van der Waals surface area contributed by atoms with Crippen LogP contribution in [0.25, 0.3) is 0 Å². The van der Waals surface area contributed by atoms with Gasteiger partial charge in [0.05, 0.1) is 21.3 Å². The second-order valence-corrected chi connectivity index (χ2v) is 5.42. The summed E-state index contributed by atoms with van der Waals surface area (Å²) in [6, 6.07) is 5.03. The number of benzene rings is 1. The van der Waals surface area contributed by atoms with Crippen molar-refractivity contribution < 1.29 is 4.79 Å². The van der Waals surface area contributed by atoms with E-state index in [9.17, 15) is 4.79 Å². The summed E-state index contributed by atoms with van der Waals surface area (Å²) in [6.07, 6.45) is 0.712. The maximum Gasteiger partial charge on any atom is 0.252 e. The summed E-state index contributed by atoms with van der Waals surface area (Å²) in [6.45, 7) is 2.47. The van der Waals surface area contributed by atoms with Gasteiger partial charge in [0.1, 0.15) is 0 Å². The maximum absolute atomic E-state index is 11.9. The Morgan fingerprint density at radius 1 is 1.53 bits per heavy atom. The Hall–Kier alpha value is -1.59. The number of hydrogen-bond donors (Lipinski definition) is 2. The van der Waals surface area contributed by atoms with Gasteiger partial charge in [-0.25, -0.2) is 4.98 Å². The van der Waals surface area contributed by atoms with Crippen LogP contribution in [0.4, 0.5) is 5.69 Å². The van der Waals surface area contributed by atoms with Crippen LogP contribution in [0.3, 0.4) is 0 Å². The molecule has 0 bridgehead atoms. The molecule has 0 aliphatic carbocycles. The Labute approximate surface area is 120 Å². The molecule has 1 aromatic carbocycles. The third kappa shape index (κ3) is 3.45. The SMILES string of the molecule is Cc1csc(CCNC(=O)c2cccc(N)c2Cl)n1. The summed E-state index contributed by atoms with van der Waals surface area (Å²) < 4.78 is 0. The predicted octanol–water partition coefficient (Wildman–Crippen LogP) is 2.66. The quantitative estimate of drug-likeness (QED) is 0.852. The molecule has 3 N–H and O–H groups in total. The van der Waals surface area contributed by atoms with Gasteiger partial charge < -0.3 is 11.1 Å². The lowest BCUT2D eigenvalue weighted by Crippen LogP contribution is -2.26. The van der Waals surface area contributed by atoms with Crippen molar-refractivity contribution in [1.29, 1.82) is 0 Å². The molecule has 0 saturated heterocycles. The van der Waals surface area contributed by atoms with E-state index in [0.717, 1.165) is 10.7 Å². The van der Waals surface area contributed by atoms with Gasteiger partial charge >= 0.3 is 0 Å². The van der Waals surface area contributed by atoms with Gasteiger partial charge in [-0.2, -0.15) is 0 Å². The highest BCUT2D eigenvalue weighted by atomic mass is 35.5. The molecule has 0 radical (unpaired) electrons. The number of anilines is 1. The first-order valence-electron chi connectivity index (χ1n) is 5.81. The molecule has 2 rings (SSSR count). The summed E-state index contributed by atoms with van der Waals surface area (Å²) in [5.41, 5.74) is 7.47. The molecule has 0 atom stereocenters. The van der Waals surface area contributed by atoms with E-state index in [1.54, 1.807) is 29.5 Å². The Balaban J connectivity index is 1.93. The molecule has 0 saturated carbocycles. The maximum atomic E-state index is 11.9. The zero-order chi connectivity index (χ0) is 13.8. The van der Waals surface area contributed by atoms with E-state index in [0.29, 0.717) is 29.2 Å². The number of carbonyl (C=O) groups excluding carboxylic acids is 1. The highest BCUT2D eigenvalue weighted by molar-refractivity contribution is 7.09. The van der Waals surface area contributed by atoms with Gasteiger partial charge in [0.25, 0.3) is 5.91 Å². The molecule has 0 unspecified atom stereocenters. The van der Waals surface area contributed by atoms with Crippen molar-refractivity contribution in [3.63, 3.8) is 0 Å². The molecule has 0 aliphatic rings. The summed E-state index contributed by atoms with van der Waals surface area (Å²) in [4.78, 5) is 16.3. The number of carbonyl (C=O) groups is 1. The molecule has 0 spiro atoms. The molecule has 0 aliphatic heterocycles. The molecule has 1 heterocycles. The molecular weight excluding hydrogens is 282 g/mol. The first-order valence-corrected chi connectivity index (χ1v) is 7.07. The Kier molecular flexibility index (Phi) is 4.39. The number of rotatable bonds is 4. The normalized spacial score (nSPS) is 10.4. The minimum atomic E-state index is -0.217. The van der Waals surface area contributed by atoms with Gasteiger partial charge in [-0.15, -0.1) is 11.3 Å². The number of aromatic nitrogens is 1. The fraction of sp³-hybridized carbons (Fsp3) is 0.231. The van der Waals surface area contributed by atoms with Crippen molar-refractivity contribution in [2.75, 3.05) is 12.3 Å². The molecule has 1 amide bonds. The van der Waals surface area contributed by atoms with E-state index in [1.165, 1.54) is 0 Å². The van der Waals surface area contributed by atoms with Crippen LogP contribution in [-0.4, -0.2) is 17.4 Å². The number of nitrogens with two attached hydrogens (primary N) is 1. The average Bonchev–Trinajstić information content (AvgIpc) is 2.78. The lowest BCUT2D eigenvalue weighted by atomic mass is 10.2. The van der Waals surface area contributed by atoms with Gasteiger partial charge in [-0.1, -0.05) is 17.7 Å². The smallest absolute Gasteiger partial charge is 0.252 e. The molecule has 4 nitrogen and oxygen atoms in total. The van der Waals surface area contributed by atoms with Gasteiger partial charge in [-0.05, 0) is 19.1 Å². The van der Waals surface area contributed by atoms with E-state index >= 15 is 0 Å². The molecule has 19 heavy (non-hydrogen) atoms. The number of aryl methyl sites for hydroxylation is 1. The van der Waals surface area contributed by atoms with E-state index < -0.39 is 0 Å². The fourth-order valence-corrected chi connectivity index (χ4v) is 2.61. The number of nitrogen functional groups attached to an aromatic ring is 1. The van der Waals surface area contributed by atoms with E-state index in [1.807, 2.05) is 12.3 Å². The van der Waals surface area contributed by atoms with E-state index in [2.05, 4.69) is 10.3 Å². The van der Waals surface area contributed by atoms with Crippen molar-refractivity contribution in [2.45, 2.75) is 13.3 Å². The number of hydrogen-bond acceptors (Lipinski definition) is 4. The van der Waals surface area contributed by atoms with Gasteiger partial charge in [0.2, 0.25) is 0 Å². The Morgan fingerprint density at radius 2 is 2.32 bits per heavy atom. The van der Waals surface area contributed by atoms with Crippen LogP contribution in [0.2, 0.25) is 5.02 Å². The standard InChI is InChI=1S/C13H14ClN3OS/c1-8-7-19-11(17-8)5-6-16-13(18)9-3-2-4-10(15)12(9)14/h2-4,7H,5-6,15H2,1H3,(H,16,18). The van der Waals surface area contributed by atoms with Crippen molar-refractivity contribution in [2.24, 2.45) is 0 Å². The summed E-state index contributed by atoms with van der Waals surface area (Å²) in [7, 11) is 0. The summed E-state index contributed by atoms with van der Waals surface area (Å²) >= 11 is 7.59. The predicted molar refractivity (Wildman–Crippen MR) is 78.8 cm³/mol. The summed E-state index contributed by atoms with van der Waals surface area (Å²) in [5, 5.41) is 6.11. The lowest BCUT2D eigenvalue weighted by Gasteiger charge is -2.07. The van der Waals surface area contributed by atoms with E-state index in [4.69, 9.17) is 17.3 Å². The molecule has 100 valence electrons. The summed E-state index contributed by atoms with van der Waals surface area (Å²) in [5.74, 6) is -0.217. The Morgan fingerprint density at radius 3 is 3.00 bits per heavy atom. The molecule has 0 fully saturated rings. The minimum absolute atomic E-state index is 0.217. The van der Waals surface area contributed by atoms with Crippen molar-refractivity contribution in [3.8, 4) is 0 Å².